The van der Waals surface area contributed by atoms with E-state index in [2.05, 4.69) is 482 Å². The molecule has 0 unspecified atom stereocenters. The van der Waals surface area contributed by atoms with Crippen LogP contribution < -0.4 is 26.6 Å². The van der Waals surface area contributed by atoms with E-state index >= 15 is 0 Å². The average molecular weight is 1870 g/mol. The molecule has 0 fully saturated rings. The molecule has 6 nitrogen and oxygen atoms in total. The zero-order chi connectivity index (χ0) is 93.3. The first kappa shape index (κ1) is 86.9. The zero-order valence-electron chi connectivity index (χ0n) is 76.2. The standard InChI is InChI=1S/C34H23NS.C30H21NS.C24H17NO.C24H17NS.C18H13NS/c1-2-9-28-23(7-1)8-5-11-29(28)24-15-19-26(20-16-24)35-27-21-17-25(18-22-27)30-12-6-13-32-31-10-3-4-14-33(31)36-34(30)32;1-2-7-21(8-3-1)22-13-17-24(18-14-22)31-25-19-15-23(16-20-25)26-10-6-11-28-27-9-4-5-12-29(27)32-30(26)28;2*1-2-7-17(8-3-1)18-13-15-19(16-14-18)25-21-10-6-12-23-24(21)20-9-4-5-11-22(20)26-23;1-2-7-13(8-3-1)19-15-10-6-12-17-18(15)14-9-4-5-11-16(14)20-17/h1-22,35H;1-20,31H;2*1-16,25H;1-12,19H. The van der Waals surface area contributed by atoms with Gasteiger partial charge in [-0.05, 0) is 229 Å². The maximum Gasteiger partial charge on any atom is 0.137 e. The van der Waals surface area contributed by atoms with Gasteiger partial charge in [0.15, 0.2) is 0 Å². The molecule has 22 aromatic carbocycles. The largest absolute Gasteiger partial charge is 0.456 e. The van der Waals surface area contributed by atoms with E-state index in [1.807, 2.05) is 112 Å². The summed E-state index contributed by atoms with van der Waals surface area (Å²) in [6.45, 7) is 0. The predicted molar refractivity (Wildman–Crippen MR) is 610 cm³/mol. The molecule has 0 amide bonds. The van der Waals surface area contributed by atoms with Crippen LogP contribution >= 0.6 is 45.3 Å². The van der Waals surface area contributed by atoms with Crippen molar-refractivity contribution in [1.29, 1.82) is 0 Å². The summed E-state index contributed by atoms with van der Waals surface area (Å²) in [5.41, 5.74) is 27.7. The highest BCUT2D eigenvalue weighted by Gasteiger charge is 2.18. The SMILES string of the molecule is c1ccc(-c2ccc(Nc3ccc(-c4cccc5c4sc4ccccc45)cc3)cc2)cc1.c1ccc(-c2ccc(Nc3cccc4oc5ccccc5c34)cc2)cc1.c1ccc(-c2ccc(Nc3cccc4sc5ccccc5c34)cc2)cc1.c1ccc(Nc2cccc3sc4ccccc4c23)cc1.c1ccc2c(-c3ccc(Nc4ccc(-c5cccc6c5sc5ccccc56)cc4)cc3)cccc2c1. The van der Waals surface area contributed by atoms with Crippen LogP contribution in [0.3, 0.4) is 0 Å². The summed E-state index contributed by atoms with van der Waals surface area (Å²) in [5.74, 6) is 0. The maximum atomic E-state index is 5.97. The molecular formula is C130H91N5OS4. The van der Waals surface area contributed by atoms with Gasteiger partial charge in [0.25, 0.3) is 0 Å². The molecule has 0 saturated heterocycles. The fourth-order valence-corrected chi connectivity index (χ4v) is 23.5. The summed E-state index contributed by atoms with van der Waals surface area (Å²) in [6.07, 6.45) is 0. The van der Waals surface area contributed by atoms with E-state index < -0.39 is 0 Å². The number of hydrogen-bond donors (Lipinski definition) is 5. The molecule has 5 aromatic heterocycles. The number of thiophene rings is 4. The van der Waals surface area contributed by atoms with Crippen molar-refractivity contribution in [2.75, 3.05) is 26.6 Å². The number of anilines is 10. The van der Waals surface area contributed by atoms with E-state index in [0.717, 1.165) is 73.1 Å². The summed E-state index contributed by atoms with van der Waals surface area (Å²) in [5, 5.41) is 33.2. The van der Waals surface area contributed by atoms with E-state index in [9.17, 15) is 0 Å². The highest BCUT2D eigenvalue weighted by Crippen LogP contribution is 2.46. The quantitative estimate of drug-likeness (QED) is 0.0664. The summed E-state index contributed by atoms with van der Waals surface area (Å²) in [7, 11) is 0. The fraction of sp³-hybridized carbons (Fsp3) is 0. The van der Waals surface area contributed by atoms with Crippen molar-refractivity contribution in [2.45, 2.75) is 0 Å². The molecule has 27 rings (SSSR count). The van der Waals surface area contributed by atoms with Gasteiger partial charge < -0.3 is 31.0 Å². The summed E-state index contributed by atoms with van der Waals surface area (Å²) in [4.78, 5) is 0. The van der Waals surface area contributed by atoms with Crippen LogP contribution in [0.1, 0.15) is 0 Å². The molecule has 27 aromatic rings. The Kier molecular flexibility index (Phi) is 24.8. The minimum absolute atomic E-state index is 0.900. The monoisotopic (exact) mass is 1870 g/mol. The molecule has 0 aliphatic heterocycles. The molecule has 5 heterocycles. The molecule has 666 valence electrons. The maximum absolute atomic E-state index is 5.97. The molecule has 0 atom stereocenters. The van der Waals surface area contributed by atoms with Crippen LogP contribution in [0.4, 0.5) is 56.9 Å². The molecule has 10 heteroatoms. The van der Waals surface area contributed by atoms with Gasteiger partial charge in [0.05, 0.1) is 11.1 Å². The van der Waals surface area contributed by atoms with Gasteiger partial charge in [0, 0.05) is 137 Å². The number of benzene rings is 22. The third kappa shape index (κ3) is 18.7. The molecule has 0 radical (unpaired) electrons. The Morgan fingerprint density at radius 1 is 0.143 bits per heavy atom. The van der Waals surface area contributed by atoms with E-state index in [4.69, 9.17) is 4.42 Å². The van der Waals surface area contributed by atoms with E-state index in [1.54, 1.807) is 0 Å². The second kappa shape index (κ2) is 40.0. The highest BCUT2D eigenvalue weighted by atomic mass is 32.1. The lowest BCUT2D eigenvalue weighted by atomic mass is 9.98. The Hall–Kier alpha value is -17.2. The Labute approximate surface area is 828 Å². The van der Waals surface area contributed by atoms with Crippen LogP contribution in [0, 0.1) is 0 Å². The van der Waals surface area contributed by atoms with E-state index in [0.29, 0.717) is 0 Å². The lowest BCUT2D eigenvalue weighted by Crippen LogP contribution is -1.90. The molecule has 0 bridgehead atoms. The molecule has 0 saturated carbocycles. The molecular weight excluding hydrogens is 1780 g/mol. The van der Waals surface area contributed by atoms with Crippen LogP contribution in [-0.4, -0.2) is 0 Å². The average Bonchev–Trinajstić information content (AvgIpc) is 1.67. The molecule has 140 heavy (non-hydrogen) atoms. The highest BCUT2D eigenvalue weighted by molar-refractivity contribution is 7.27. The van der Waals surface area contributed by atoms with Crippen molar-refractivity contribution in [1.82, 2.24) is 0 Å². The van der Waals surface area contributed by atoms with Gasteiger partial charge >= 0.3 is 0 Å². The van der Waals surface area contributed by atoms with Gasteiger partial charge in [0.2, 0.25) is 0 Å². The van der Waals surface area contributed by atoms with Gasteiger partial charge in [-0.2, -0.15) is 0 Å². The van der Waals surface area contributed by atoms with Crippen LogP contribution in [0.5, 0.6) is 0 Å². The Morgan fingerprint density at radius 3 is 0.836 bits per heavy atom. The zero-order valence-corrected chi connectivity index (χ0v) is 79.5. The lowest BCUT2D eigenvalue weighted by molar-refractivity contribution is 0.669. The predicted octanol–water partition coefficient (Wildman–Crippen LogP) is 39.7. The lowest BCUT2D eigenvalue weighted by Gasteiger charge is -2.11. The van der Waals surface area contributed by atoms with Crippen molar-refractivity contribution >= 4 is 216 Å². The molecule has 0 spiro atoms. The summed E-state index contributed by atoms with van der Waals surface area (Å²) < 4.78 is 16.7. The first-order valence-electron chi connectivity index (χ1n) is 47.0. The third-order valence-electron chi connectivity index (χ3n) is 25.6. The number of para-hydroxylation sites is 2. The van der Waals surface area contributed by atoms with Crippen LogP contribution in [0.15, 0.2) is 526 Å². The third-order valence-corrected chi connectivity index (χ3v) is 30.3. The second-order valence-corrected chi connectivity index (χ2v) is 38.7. The number of nitrogens with one attached hydrogen (secondary N) is 5. The normalized spacial score (nSPS) is 11.1. The topological polar surface area (TPSA) is 73.3 Å². The van der Waals surface area contributed by atoms with Gasteiger partial charge in [-0.15, -0.1) is 45.3 Å². The van der Waals surface area contributed by atoms with Crippen molar-refractivity contribution in [3.8, 4) is 66.8 Å². The van der Waals surface area contributed by atoms with Gasteiger partial charge in [-0.25, -0.2) is 0 Å². The van der Waals surface area contributed by atoms with Crippen molar-refractivity contribution < 1.29 is 4.42 Å². The second-order valence-electron chi connectivity index (χ2n) is 34.5. The Balaban J connectivity index is 0.0000000988. The minimum Gasteiger partial charge on any atom is -0.456 e. The molecule has 0 aliphatic rings. The van der Waals surface area contributed by atoms with Crippen molar-refractivity contribution in [3.63, 3.8) is 0 Å². The number of rotatable bonds is 16. The molecule has 5 N–H and O–H groups in total. The van der Waals surface area contributed by atoms with Crippen LogP contribution in [0.25, 0.3) is 180 Å². The smallest absolute Gasteiger partial charge is 0.137 e. The van der Waals surface area contributed by atoms with Crippen molar-refractivity contribution in [2.24, 2.45) is 0 Å². The Bertz CT molecular complexity index is 8830. The summed E-state index contributed by atoms with van der Waals surface area (Å²) >= 11 is 7.44. The van der Waals surface area contributed by atoms with E-state index in [1.165, 1.54) is 164 Å². The first-order chi connectivity index (χ1) is 69.4. The molecule has 0 aliphatic carbocycles. The van der Waals surface area contributed by atoms with Crippen LogP contribution in [-0.2, 0) is 0 Å². The summed E-state index contributed by atoms with van der Waals surface area (Å²) in [6, 6.07) is 184. The number of furan rings is 1. The van der Waals surface area contributed by atoms with Crippen LogP contribution in [0.2, 0.25) is 0 Å². The first-order valence-corrected chi connectivity index (χ1v) is 50.3. The van der Waals surface area contributed by atoms with Gasteiger partial charge in [0.1, 0.15) is 11.2 Å². The number of hydrogen-bond acceptors (Lipinski definition) is 10. The van der Waals surface area contributed by atoms with E-state index in [-0.39, 0.29) is 0 Å². The van der Waals surface area contributed by atoms with Gasteiger partial charge in [-0.3, -0.25) is 0 Å². The van der Waals surface area contributed by atoms with Crippen molar-refractivity contribution in [3.05, 3.63) is 522 Å². The number of fused-ring (bicyclic) bond motifs is 16. The minimum atomic E-state index is 0.900. The Morgan fingerprint density at radius 2 is 0.407 bits per heavy atom. The fourth-order valence-electron chi connectivity index (χ4n) is 18.7. The van der Waals surface area contributed by atoms with Gasteiger partial charge in [-0.1, -0.05) is 370 Å².